The second-order valence-electron chi connectivity index (χ2n) is 6.07. The second-order valence-corrected chi connectivity index (χ2v) is 6.07. The molecule has 1 aromatic rings. The van der Waals surface area contributed by atoms with Gasteiger partial charge in [-0.05, 0) is 31.9 Å². The first-order valence-electron chi connectivity index (χ1n) is 7.10. The summed E-state index contributed by atoms with van der Waals surface area (Å²) < 4.78 is 19.2. The number of nitro benzene ring substituents is 1. The van der Waals surface area contributed by atoms with Gasteiger partial charge in [-0.25, -0.2) is 4.39 Å². The van der Waals surface area contributed by atoms with Crippen molar-refractivity contribution in [2.45, 2.75) is 46.3 Å². The summed E-state index contributed by atoms with van der Waals surface area (Å²) >= 11 is 0. The predicted octanol–water partition coefficient (Wildman–Crippen LogP) is 3.66. The number of ether oxygens (including phenoxy) is 1. The van der Waals surface area contributed by atoms with E-state index in [1.54, 1.807) is 6.92 Å². The van der Waals surface area contributed by atoms with E-state index < -0.39 is 10.7 Å². The first-order chi connectivity index (χ1) is 9.77. The molecule has 0 aliphatic heterocycles. The lowest BCUT2D eigenvalue weighted by Crippen LogP contribution is -2.58. The molecule has 21 heavy (non-hydrogen) atoms. The van der Waals surface area contributed by atoms with Crippen molar-refractivity contribution >= 4 is 11.4 Å². The van der Waals surface area contributed by atoms with Crippen molar-refractivity contribution in [1.29, 1.82) is 0 Å². The topological polar surface area (TPSA) is 64.4 Å². The highest BCUT2D eigenvalue weighted by atomic mass is 19.1. The van der Waals surface area contributed by atoms with Gasteiger partial charge in [0.2, 0.25) is 0 Å². The van der Waals surface area contributed by atoms with E-state index in [-0.39, 0.29) is 23.2 Å². The number of halogens is 1. The first-order valence-corrected chi connectivity index (χ1v) is 7.10. The molecule has 0 amide bonds. The Morgan fingerprint density at radius 1 is 1.52 bits per heavy atom. The van der Waals surface area contributed by atoms with Gasteiger partial charge in [0.1, 0.15) is 11.5 Å². The van der Waals surface area contributed by atoms with Crippen molar-refractivity contribution in [3.8, 4) is 0 Å². The van der Waals surface area contributed by atoms with E-state index in [0.29, 0.717) is 17.9 Å². The lowest BCUT2D eigenvalue weighted by molar-refractivity contribution is -0.384. The van der Waals surface area contributed by atoms with Gasteiger partial charge in [0.15, 0.2) is 0 Å². The molecule has 0 aromatic heterocycles. The molecule has 2 atom stereocenters. The number of rotatable bonds is 5. The average molecular weight is 296 g/mol. The van der Waals surface area contributed by atoms with Crippen LogP contribution in [0.2, 0.25) is 0 Å². The third kappa shape index (κ3) is 2.85. The van der Waals surface area contributed by atoms with Gasteiger partial charge in [-0.15, -0.1) is 0 Å². The van der Waals surface area contributed by atoms with Crippen molar-refractivity contribution < 1.29 is 14.1 Å². The standard InChI is InChI=1S/C15H21FN2O3/c1-5-21-14-8-13(15(14,3)4)17-11-6-9(2)10(16)7-12(11)18(19)20/h6-7,13-14,17H,5,8H2,1-4H3. The molecule has 1 aromatic carbocycles. The number of nitro groups is 1. The fraction of sp³-hybridized carbons (Fsp3) is 0.600. The maximum Gasteiger partial charge on any atom is 0.295 e. The van der Waals surface area contributed by atoms with Crippen LogP contribution >= 0.6 is 0 Å². The van der Waals surface area contributed by atoms with Gasteiger partial charge in [0, 0.05) is 18.1 Å². The third-order valence-corrected chi connectivity index (χ3v) is 4.35. The highest BCUT2D eigenvalue weighted by Gasteiger charge is 2.49. The maximum absolute atomic E-state index is 13.5. The normalized spacial score (nSPS) is 23.5. The molecular formula is C15H21FN2O3. The third-order valence-electron chi connectivity index (χ3n) is 4.35. The molecule has 1 saturated carbocycles. The van der Waals surface area contributed by atoms with Crippen LogP contribution < -0.4 is 5.32 Å². The van der Waals surface area contributed by atoms with Gasteiger partial charge in [-0.2, -0.15) is 0 Å². The summed E-state index contributed by atoms with van der Waals surface area (Å²) in [5, 5.41) is 14.3. The summed E-state index contributed by atoms with van der Waals surface area (Å²) in [6.07, 6.45) is 0.926. The number of hydrogen-bond acceptors (Lipinski definition) is 4. The van der Waals surface area contributed by atoms with Gasteiger partial charge in [-0.3, -0.25) is 10.1 Å². The van der Waals surface area contributed by atoms with Crippen LogP contribution in [0, 0.1) is 28.3 Å². The van der Waals surface area contributed by atoms with E-state index in [0.717, 1.165) is 12.5 Å². The molecule has 1 aliphatic carbocycles. The van der Waals surface area contributed by atoms with Gasteiger partial charge in [0.05, 0.1) is 17.1 Å². The Morgan fingerprint density at radius 2 is 2.19 bits per heavy atom. The van der Waals surface area contributed by atoms with E-state index in [1.165, 1.54) is 6.07 Å². The van der Waals surface area contributed by atoms with Gasteiger partial charge < -0.3 is 10.1 Å². The molecule has 0 radical (unpaired) electrons. The molecule has 0 spiro atoms. The van der Waals surface area contributed by atoms with Crippen LogP contribution in [0.5, 0.6) is 0 Å². The highest BCUT2D eigenvalue weighted by molar-refractivity contribution is 5.64. The minimum atomic E-state index is -0.563. The summed E-state index contributed by atoms with van der Waals surface area (Å²) in [4.78, 5) is 10.5. The average Bonchev–Trinajstić information content (AvgIpc) is 2.41. The van der Waals surface area contributed by atoms with Crippen molar-refractivity contribution in [3.05, 3.63) is 33.6 Å². The molecule has 0 saturated heterocycles. The van der Waals surface area contributed by atoms with Crippen LogP contribution in [-0.4, -0.2) is 23.7 Å². The van der Waals surface area contributed by atoms with E-state index in [1.807, 2.05) is 6.92 Å². The number of anilines is 1. The van der Waals surface area contributed by atoms with E-state index >= 15 is 0 Å². The van der Waals surface area contributed by atoms with Crippen LogP contribution in [0.25, 0.3) is 0 Å². The molecule has 2 rings (SSSR count). The van der Waals surface area contributed by atoms with Gasteiger partial charge in [-0.1, -0.05) is 13.8 Å². The number of hydrogen-bond donors (Lipinski definition) is 1. The van der Waals surface area contributed by atoms with E-state index in [9.17, 15) is 14.5 Å². The Balaban J connectivity index is 2.21. The Bertz CT molecular complexity index is 560. The van der Waals surface area contributed by atoms with Crippen LogP contribution in [0.1, 0.15) is 32.8 Å². The number of benzene rings is 1. The Kier molecular flexibility index (Phi) is 4.18. The van der Waals surface area contributed by atoms with Crippen LogP contribution in [-0.2, 0) is 4.74 Å². The fourth-order valence-corrected chi connectivity index (χ4v) is 2.74. The zero-order valence-corrected chi connectivity index (χ0v) is 12.8. The largest absolute Gasteiger partial charge is 0.378 e. The monoisotopic (exact) mass is 296 g/mol. The summed E-state index contributed by atoms with van der Waals surface area (Å²) in [6.45, 7) is 8.33. The van der Waals surface area contributed by atoms with Crippen molar-refractivity contribution in [2.24, 2.45) is 5.41 Å². The quantitative estimate of drug-likeness (QED) is 0.665. The summed E-state index contributed by atoms with van der Waals surface area (Å²) in [5.74, 6) is -0.563. The smallest absolute Gasteiger partial charge is 0.295 e. The highest BCUT2D eigenvalue weighted by Crippen LogP contribution is 2.45. The molecule has 1 aliphatic rings. The second kappa shape index (κ2) is 5.60. The minimum Gasteiger partial charge on any atom is -0.378 e. The van der Waals surface area contributed by atoms with Crippen LogP contribution in [0.4, 0.5) is 15.8 Å². The molecule has 2 unspecified atom stereocenters. The summed E-state index contributed by atoms with van der Waals surface area (Å²) in [5.41, 5.74) is 0.411. The zero-order valence-electron chi connectivity index (χ0n) is 12.8. The van der Waals surface area contributed by atoms with E-state index in [2.05, 4.69) is 19.2 Å². The SMILES string of the molecule is CCOC1CC(Nc2cc(C)c(F)cc2[N+](=O)[O-])C1(C)C. The maximum atomic E-state index is 13.5. The lowest BCUT2D eigenvalue weighted by Gasteiger charge is -2.51. The minimum absolute atomic E-state index is 0.0672. The van der Waals surface area contributed by atoms with E-state index in [4.69, 9.17) is 4.74 Å². The molecule has 0 heterocycles. The Hall–Kier alpha value is -1.69. The Morgan fingerprint density at radius 3 is 2.71 bits per heavy atom. The van der Waals surface area contributed by atoms with Crippen molar-refractivity contribution in [1.82, 2.24) is 0 Å². The van der Waals surface area contributed by atoms with Crippen LogP contribution in [0.3, 0.4) is 0 Å². The Labute approximate surface area is 123 Å². The summed E-state index contributed by atoms with van der Waals surface area (Å²) in [6, 6.07) is 2.54. The zero-order chi connectivity index (χ0) is 15.8. The van der Waals surface area contributed by atoms with Crippen molar-refractivity contribution in [2.75, 3.05) is 11.9 Å². The fourth-order valence-electron chi connectivity index (χ4n) is 2.74. The molecule has 5 nitrogen and oxygen atoms in total. The number of nitrogens with one attached hydrogen (secondary N) is 1. The molecule has 6 heteroatoms. The number of nitrogens with zero attached hydrogens (tertiary/aromatic N) is 1. The van der Waals surface area contributed by atoms with Gasteiger partial charge in [0.25, 0.3) is 5.69 Å². The molecular weight excluding hydrogens is 275 g/mol. The van der Waals surface area contributed by atoms with Crippen molar-refractivity contribution in [3.63, 3.8) is 0 Å². The summed E-state index contributed by atoms with van der Waals surface area (Å²) in [7, 11) is 0. The van der Waals surface area contributed by atoms with Crippen LogP contribution in [0.15, 0.2) is 12.1 Å². The molecule has 1 fully saturated rings. The molecule has 116 valence electrons. The first kappa shape index (κ1) is 15.7. The molecule has 0 bridgehead atoms. The lowest BCUT2D eigenvalue weighted by atomic mass is 9.64. The predicted molar refractivity (Wildman–Crippen MR) is 79.0 cm³/mol. The number of aryl methyl sites for hydroxylation is 1. The van der Waals surface area contributed by atoms with Gasteiger partial charge >= 0.3 is 0 Å². The molecule has 1 N–H and O–H groups in total.